The number of nitrogens with one attached hydrogen (secondary N) is 2. The van der Waals surface area contributed by atoms with E-state index in [0.29, 0.717) is 22.1 Å². The van der Waals surface area contributed by atoms with Crippen molar-refractivity contribution in [3.8, 4) is 5.75 Å². The second-order valence-electron chi connectivity index (χ2n) is 7.08. The highest BCUT2D eigenvalue weighted by molar-refractivity contribution is 8.01. The Morgan fingerprint density at radius 3 is 2.59 bits per heavy atom. The number of nitrogens with zero attached hydrogens (tertiary/aromatic N) is 1. The van der Waals surface area contributed by atoms with Crippen molar-refractivity contribution in [3.05, 3.63) is 83.4 Å². The molecule has 0 bridgehead atoms. The molecule has 4 aromatic rings. The molecule has 34 heavy (non-hydrogen) atoms. The highest BCUT2D eigenvalue weighted by Crippen LogP contribution is 2.32. The van der Waals surface area contributed by atoms with Crippen molar-refractivity contribution < 1.29 is 14.3 Å². The van der Waals surface area contributed by atoms with Crippen LogP contribution in [0.1, 0.15) is 5.56 Å². The van der Waals surface area contributed by atoms with Crippen LogP contribution >= 0.6 is 34.7 Å². The van der Waals surface area contributed by atoms with E-state index in [4.69, 9.17) is 16.3 Å². The molecule has 0 unspecified atom stereocenters. The number of rotatable bonds is 8. The highest BCUT2D eigenvalue weighted by atomic mass is 35.5. The van der Waals surface area contributed by atoms with Crippen molar-refractivity contribution >= 4 is 74.2 Å². The smallest absolute Gasteiger partial charge is 0.248 e. The SMILES string of the molecule is COc1ccc(NC(=O)CSc2nc3ccc(NC(=O)/C=C/c4ccccc4)cc3s2)cc1Cl. The zero-order chi connectivity index (χ0) is 23.9. The predicted molar refractivity (Wildman–Crippen MR) is 141 cm³/mol. The van der Waals surface area contributed by atoms with Crippen LogP contribution in [-0.2, 0) is 9.59 Å². The average molecular weight is 510 g/mol. The number of halogens is 1. The summed E-state index contributed by atoms with van der Waals surface area (Å²) < 4.78 is 6.81. The lowest BCUT2D eigenvalue weighted by molar-refractivity contribution is -0.114. The molecule has 9 heteroatoms. The minimum atomic E-state index is -0.211. The van der Waals surface area contributed by atoms with Crippen molar-refractivity contribution in [3.63, 3.8) is 0 Å². The molecule has 4 rings (SSSR count). The van der Waals surface area contributed by atoms with E-state index < -0.39 is 0 Å². The van der Waals surface area contributed by atoms with E-state index >= 15 is 0 Å². The summed E-state index contributed by atoms with van der Waals surface area (Å²) in [7, 11) is 1.54. The molecule has 6 nitrogen and oxygen atoms in total. The number of benzene rings is 3. The molecular formula is C25H20ClN3O3S2. The Morgan fingerprint density at radius 2 is 1.82 bits per heavy atom. The molecule has 0 saturated carbocycles. The molecule has 2 N–H and O–H groups in total. The third-order valence-corrected chi connectivity index (χ3v) is 7.08. The Morgan fingerprint density at radius 1 is 1.06 bits per heavy atom. The molecule has 0 fully saturated rings. The summed E-state index contributed by atoms with van der Waals surface area (Å²) in [6.07, 6.45) is 3.27. The number of aromatic nitrogens is 1. The maximum absolute atomic E-state index is 12.3. The van der Waals surface area contributed by atoms with E-state index in [0.717, 1.165) is 20.1 Å². The van der Waals surface area contributed by atoms with Gasteiger partial charge in [-0.15, -0.1) is 11.3 Å². The first-order valence-electron chi connectivity index (χ1n) is 10.2. The highest BCUT2D eigenvalue weighted by Gasteiger charge is 2.10. The molecule has 2 amide bonds. The van der Waals surface area contributed by atoms with E-state index in [-0.39, 0.29) is 17.6 Å². The lowest BCUT2D eigenvalue weighted by Gasteiger charge is -2.07. The molecule has 0 aliphatic heterocycles. The number of amides is 2. The van der Waals surface area contributed by atoms with Gasteiger partial charge in [0.05, 0.1) is 28.1 Å². The number of methoxy groups -OCH3 is 1. The van der Waals surface area contributed by atoms with E-state index in [1.165, 1.54) is 36.3 Å². The second kappa shape index (κ2) is 11.2. The number of anilines is 2. The molecular weight excluding hydrogens is 490 g/mol. The molecule has 0 atom stereocenters. The van der Waals surface area contributed by atoms with E-state index in [9.17, 15) is 9.59 Å². The van der Waals surface area contributed by atoms with Gasteiger partial charge in [-0.3, -0.25) is 9.59 Å². The first kappa shape index (κ1) is 23.8. The second-order valence-corrected chi connectivity index (χ2v) is 9.74. The number of fused-ring (bicyclic) bond motifs is 1. The topological polar surface area (TPSA) is 80.3 Å². The molecule has 172 valence electrons. The van der Waals surface area contributed by atoms with Gasteiger partial charge in [0.2, 0.25) is 11.8 Å². The van der Waals surface area contributed by atoms with Crippen molar-refractivity contribution in [1.82, 2.24) is 4.98 Å². The Balaban J connectivity index is 1.33. The van der Waals surface area contributed by atoms with Crippen molar-refractivity contribution in [2.45, 2.75) is 4.34 Å². The first-order chi connectivity index (χ1) is 16.5. The number of carbonyl (C=O) groups is 2. The van der Waals surface area contributed by atoms with Crippen LogP contribution in [0.15, 0.2) is 77.1 Å². The van der Waals surface area contributed by atoms with Crippen LogP contribution < -0.4 is 15.4 Å². The summed E-state index contributed by atoms with van der Waals surface area (Å²) in [5.41, 5.74) is 3.05. The third kappa shape index (κ3) is 6.38. The third-order valence-electron chi connectivity index (χ3n) is 4.63. The molecule has 0 aliphatic carbocycles. The molecule has 0 aliphatic rings. The number of ether oxygens (including phenoxy) is 1. The van der Waals surface area contributed by atoms with Gasteiger partial charge in [0, 0.05) is 17.5 Å². The van der Waals surface area contributed by atoms with Crippen LogP contribution in [0.3, 0.4) is 0 Å². The summed E-state index contributed by atoms with van der Waals surface area (Å²) in [5, 5.41) is 6.11. The van der Waals surface area contributed by atoms with Crippen LogP contribution in [0.2, 0.25) is 5.02 Å². The molecule has 0 radical (unpaired) electrons. The largest absolute Gasteiger partial charge is 0.495 e. The number of thioether (sulfide) groups is 1. The van der Waals surface area contributed by atoms with Crippen LogP contribution in [0.5, 0.6) is 5.75 Å². The van der Waals surface area contributed by atoms with Gasteiger partial charge in [-0.1, -0.05) is 53.7 Å². The Kier molecular flexibility index (Phi) is 7.84. The van der Waals surface area contributed by atoms with Gasteiger partial charge in [0.15, 0.2) is 4.34 Å². The van der Waals surface area contributed by atoms with Gasteiger partial charge in [-0.2, -0.15) is 0 Å². The Hall–Kier alpha value is -3.33. The fraction of sp³-hybridized carbons (Fsp3) is 0.0800. The maximum atomic E-state index is 12.3. The van der Waals surface area contributed by atoms with Gasteiger partial charge in [-0.25, -0.2) is 4.98 Å². The van der Waals surface area contributed by atoms with Crippen molar-refractivity contribution in [2.24, 2.45) is 0 Å². The van der Waals surface area contributed by atoms with Crippen LogP contribution in [0, 0.1) is 0 Å². The zero-order valence-electron chi connectivity index (χ0n) is 18.1. The number of hydrogen-bond donors (Lipinski definition) is 2. The van der Waals surface area contributed by atoms with Crippen LogP contribution in [-0.4, -0.2) is 29.7 Å². The molecule has 0 spiro atoms. The number of hydrogen-bond acceptors (Lipinski definition) is 6. The minimum absolute atomic E-state index is 0.163. The van der Waals surface area contributed by atoms with Crippen molar-refractivity contribution in [1.29, 1.82) is 0 Å². The number of carbonyl (C=O) groups excluding carboxylic acids is 2. The van der Waals surface area contributed by atoms with E-state index in [2.05, 4.69) is 15.6 Å². The molecule has 0 saturated heterocycles. The molecule has 1 heterocycles. The number of thiazole rings is 1. The lowest BCUT2D eigenvalue weighted by Crippen LogP contribution is -2.13. The summed E-state index contributed by atoms with van der Waals surface area (Å²) in [5.74, 6) is 0.379. The quantitative estimate of drug-likeness (QED) is 0.214. The summed E-state index contributed by atoms with van der Waals surface area (Å²) >= 11 is 8.92. The summed E-state index contributed by atoms with van der Waals surface area (Å²) in [4.78, 5) is 29.1. The molecule has 1 aromatic heterocycles. The van der Waals surface area contributed by atoms with E-state index in [1.54, 1.807) is 24.3 Å². The van der Waals surface area contributed by atoms with Gasteiger partial charge in [-0.05, 0) is 48.0 Å². The fourth-order valence-corrected chi connectivity index (χ4v) is 5.20. The summed E-state index contributed by atoms with van der Waals surface area (Å²) in [6, 6.07) is 20.2. The zero-order valence-corrected chi connectivity index (χ0v) is 20.5. The Bertz CT molecular complexity index is 1360. The standard InChI is InChI=1S/C25H20ClN3O3S2/c1-32-21-11-9-17(13-19(21)26)28-24(31)15-33-25-29-20-10-8-18(14-22(20)34-25)27-23(30)12-7-16-5-3-2-4-6-16/h2-14H,15H2,1H3,(H,27,30)(H,28,31)/b12-7+. The average Bonchev–Trinajstić information content (AvgIpc) is 3.24. The molecule has 3 aromatic carbocycles. The lowest BCUT2D eigenvalue weighted by atomic mass is 10.2. The predicted octanol–water partition coefficient (Wildman–Crippen LogP) is 6.34. The van der Waals surface area contributed by atoms with Gasteiger partial charge in [0.1, 0.15) is 5.75 Å². The van der Waals surface area contributed by atoms with Crippen LogP contribution in [0.4, 0.5) is 11.4 Å². The van der Waals surface area contributed by atoms with Gasteiger partial charge in [0.25, 0.3) is 0 Å². The first-order valence-corrected chi connectivity index (χ1v) is 12.4. The maximum Gasteiger partial charge on any atom is 0.248 e. The van der Waals surface area contributed by atoms with Crippen molar-refractivity contribution in [2.75, 3.05) is 23.5 Å². The Labute approximate surface area is 210 Å². The minimum Gasteiger partial charge on any atom is -0.495 e. The van der Waals surface area contributed by atoms with Gasteiger partial charge < -0.3 is 15.4 Å². The normalized spacial score (nSPS) is 11.0. The monoisotopic (exact) mass is 509 g/mol. The van der Waals surface area contributed by atoms with Gasteiger partial charge >= 0.3 is 0 Å². The van der Waals surface area contributed by atoms with E-state index in [1.807, 2.05) is 48.5 Å². The fourth-order valence-electron chi connectivity index (χ4n) is 3.03. The summed E-state index contributed by atoms with van der Waals surface area (Å²) in [6.45, 7) is 0. The van der Waals surface area contributed by atoms with Crippen LogP contribution in [0.25, 0.3) is 16.3 Å².